The maximum atomic E-state index is 11.6. The van der Waals surface area contributed by atoms with Gasteiger partial charge in [-0.1, -0.05) is 6.08 Å². The summed E-state index contributed by atoms with van der Waals surface area (Å²) >= 11 is 0. The van der Waals surface area contributed by atoms with Gasteiger partial charge in [0.2, 0.25) is 0 Å². The summed E-state index contributed by atoms with van der Waals surface area (Å²) in [5.74, 6) is 0. The van der Waals surface area contributed by atoms with Gasteiger partial charge in [0.25, 0.3) is 0 Å². The summed E-state index contributed by atoms with van der Waals surface area (Å²) in [7, 11) is 0. The molecule has 4 heteroatoms. The lowest BCUT2D eigenvalue weighted by atomic mass is 10.4. The molecule has 0 spiro atoms. The van der Waals surface area contributed by atoms with Crippen LogP contribution in [-0.2, 0) is 0 Å². The molecule has 1 rings (SSSR count). The zero-order chi connectivity index (χ0) is 6.91. The lowest BCUT2D eigenvalue weighted by molar-refractivity contribution is -0.0951. The number of hydrogen-bond acceptors (Lipinski definition) is 1. The molecule has 0 bridgehead atoms. The van der Waals surface area contributed by atoms with Crippen LogP contribution in [0.5, 0.6) is 0 Å². The van der Waals surface area contributed by atoms with Crippen LogP contribution in [0.15, 0.2) is 11.8 Å². The van der Waals surface area contributed by atoms with Crippen molar-refractivity contribution in [2.75, 3.05) is 0 Å². The Kier molecular flexibility index (Phi) is 1.38. The third kappa shape index (κ3) is 1.37. The Morgan fingerprint density at radius 2 is 2.11 bits per heavy atom. The number of alkyl halides is 3. The van der Waals surface area contributed by atoms with E-state index in [1.165, 1.54) is 6.54 Å². The summed E-state index contributed by atoms with van der Waals surface area (Å²) in [6.45, 7) is 1.36. The monoisotopic (exact) mass is 136 g/mol. The molecule has 0 aliphatic carbocycles. The van der Waals surface area contributed by atoms with E-state index in [1.54, 1.807) is 0 Å². The van der Waals surface area contributed by atoms with E-state index in [4.69, 9.17) is 0 Å². The zero-order valence-corrected chi connectivity index (χ0v) is 4.50. The van der Waals surface area contributed by atoms with Gasteiger partial charge in [-0.05, 0) is 6.42 Å². The van der Waals surface area contributed by atoms with Gasteiger partial charge in [-0.2, -0.15) is 13.2 Å². The minimum Gasteiger partial charge on any atom is -0.376 e. The van der Waals surface area contributed by atoms with E-state index in [2.05, 4.69) is 5.32 Å². The van der Waals surface area contributed by atoms with Crippen molar-refractivity contribution in [1.82, 2.24) is 5.32 Å². The standard InChI is InChI=1S/C5H5F3N/c6-5(7,8)4-2-1-3-9-4/h2-3,9H,1H2. The van der Waals surface area contributed by atoms with Crippen molar-refractivity contribution in [2.24, 2.45) is 0 Å². The Bertz CT molecular complexity index is 136. The number of nitrogens with one attached hydrogen (secondary N) is 1. The molecular formula is C5H5F3N. The second-order valence-corrected chi connectivity index (χ2v) is 1.70. The zero-order valence-electron chi connectivity index (χ0n) is 4.50. The molecule has 0 fully saturated rings. The van der Waals surface area contributed by atoms with Gasteiger partial charge in [0, 0.05) is 0 Å². The molecule has 1 aliphatic rings. The molecule has 0 aromatic rings. The summed E-state index contributed by atoms with van der Waals surface area (Å²) in [6.07, 6.45) is -2.73. The molecule has 51 valence electrons. The van der Waals surface area contributed by atoms with E-state index in [9.17, 15) is 13.2 Å². The largest absolute Gasteiger partial charge is 0.430 e. The van der Waals surface area contributed by atoms with Crippen LogP contribution in [0.4, 0.5) is 13.2 Å². The number of rotatable bonds is 0. The fourth-order valence-electron chi connectivity index (χ4n) is 0.602. The summed E-state index contributed by atoms with van der Waals surface area (Å²) in [5, 5.41) is 2.11. The Hall–Kier alpha value is -0.670. The van der Waals surface area contributed by atoms with Crippen LogP contribution in [0, 0.1) is 6.54 Å². The smallest absolute Gasteiger partial charge is 0.376 e. The first kappa shape index (κ1) is 6.45. The molecule has 0 atom stereocenters. The molecule has 1 N–H and O–H groups in total. The van der Waals surface area contributed by atoms with Gasteiger partial charge < -0.3 is 5.32 Å². The average molecular weight is 136 g/mol. The topological polar surface area (TPSA) is 12.0 Å². The van der Waals surface area contributed by atoms with Crippen LogP contribution >= 0.6 is 0 Å². The molecular weight excluding hydrogens is 131 g/mol. The van der Waals surface area contributed by atoms with Crippen LogP contribution in [0.3, 0.4) is 0 Å². The molecule has 0 saturated carbocycles. The normalized spacial score (nSPS) is 19.2. The lowest BCUT2D eigenvalue weighted by Gasteiger charge is -2.06. The highest BCUT2D eigenvalue weighted by atomic mass is 19.4. The second-order valence-electron chi connectivity index (χ2n) is 1.70. The third-order valence-electron chi connectivity index (χ3n) is 1.00. The van der Waals surface area contributed by atoms with Crippen LogP contribution in [-0.4, -0.2) is 6.18 Å². The van der Waals surface area contributed by atoms with Crippen molar-refractivity contribution in [1.29, 1.82) is 0 Å². The summed E-state index contributed by atoms with van der Waals surface area (Å²) in [6, 6.07) is 0. The molecule has 1 nitrogen and oxygen atoms in total. The van der Waals surface area contributed by atoms with Gasteiger partial charge in [0.1, 0.15) is 5.70 Å². The Morgan fingerprint density at radius 3 is 2.33 bits per heavy atom. The average Bonchev–Trinajstić information content (AvgIpc) is 2.08. The summed E-state index contributed by atoms with van der Waals surface area (Å²) < 4.78 is 34.8. The van der Waals surface area contributed by atoms with Crippen molar-refractivity contribution < 1.29 is 13.2 Å². The highest BCUT2D eigenvalue weighted by molar-refractivity contribution is 5.14. The van der Waals surface area contributed by atoms with Crippen molar-refractivity contribution in [3.05, 3.63) is 18.3 Å². The Morgan fingerprint density at radius 1 is 1.44 bits per heavy atom. The maximum absolute atomic E-state index is 11.6. The van der Waals surface area contributed by atoms with Gasteiger partial charge in [-0.3, -0.25) is 0 Å². The van der Waals surface area contributed by atoms with Crippen molar-refractivity contribution in [2.45, 2.75) is 12.6 Å². The van der Waals surface area contributed by atoms with Gasteiger partial charge in [0.05, 0.1) is 6.54 Å². The maximum Gasteiger partial charge on any atom is 0.430 e. The van der Waals surface area contributed by atoms with Gasteiger partial charge in [-0.15, -0.1) is 0 Å². The van der Waals surface area contributed by atoms with Gasteiger partial charge >= 0.3 is 6.18 Å². The molecule has 0 amide bonds. The van der Waals surface area contributed by atoms with E-state index < -0.39 is 11.9 Å². The first-order valence-electron chi connectivity index (χ1n) is 2.46. The first-order valence-corrected chi connectivity index (χ1v) is 2.46. The summed E-state index contributed by atoms with van der Waals surface area (Å²) in [5.41, 5.74) is -0.650. The first-order chi connectivity index (χ1) is 4.11. The SMILES string of the molecule is FC(F)(F)C1=CC[CH]N1. The highest BCUT2D eigenvalue weighted by Gasteiger charge is 2.34. The highest BCUT2D eigenvalue weighted by Crippen LogP contribution is 2.26. The molecule has 0 saturated heterocycles. The number of halogens is 3. The van der Waals surface area contributed by atoms with Crippen LogP contribution in [0.1, 0.15) is 6.42 Å². The molecule has 9 heavy (non-hydrogen) atoms. The molecule has 1 heterocycles. The van der Waals surface area contributed by atoms with Crippen LogP contribution in [0.25, 0.3) is 0 Å². The number of hydrogen-bond donors (Lipinski definition) is 1. The van der Waals surface area contributed by atoms with Crippen LogP contribution < -0.4 is 5.32 Å². The predicted octanol–water partition coefficient (Wildman–Crippen LogP) is 1.59. The van der Waals surface area contributed by atoms with Crippen LogP contribution in [0.2, 0.25) is 0 Å². The lowest BCUT2D eigenvalue weighted by Crippen LogP contribution is -2.20. The summed E-state index contributed by atoms with van der Waals surface area (Å²) in [4.78, 5) is 0. The molecule has 1 aliphatic heterocycles. The molecule has 0 unspecified atom stereocenters. The Balaban J connectivity index is 2.61. The Labute approximate surface area is 50.6 Å². The van der Waals surface area contributed by atoms with Crippen molar-refractivity contribution >= 4 is 0 Å². The van der Waals surface area contributed by atoms with E-state index in [0.29, 0.717) is 6.42 Å². The van der Waals surface area contributed by atoms with E-state index in [1.807, 2.05) is 0 Å². The molecule has 1 radical (unpaired) electrons. The van der Waals surface area contributed by atoms with Crippen molar-refractivity contribution in [3.63, 3.8) is 0 Å². The number of allylic oxidation sites excluding steroid dienone is 1. The minimum absolute atomic E-state index is 0.356. The van der Waals surface area contributed by atoms with Gasteiger partial charge in [0.15, 0.2) is 0 Å². The third-order valence-corrected chi connectivity index (χ3v) is 1.00. The van der Waals surface area contributed by atoms with Gasteiger partial charge in [-0.25, -0.2) is 0 Å². The molecule has 0 aromatic heterocycles. The van der Waals surface area contributed by atoms with E-state index >= 15 is 0 Å². The minimum atomic E-state index is -4.20. The quantitative estimate of drug-likeness (QED) is 0.533. The fraction of sp³-hybridized carbons (Fsp3) is 0.400. The molecule has 0 aromatic carbocycles. The predicted molar refractivity (Wildman–Crippen MR) is 26.2 cm³/mol. The van der Waals surface area contributed by atoms with E-state index in [0.717, 1.165) is 6.08 Å². The second kappa shape index (κ2) is 1.93. The van der Waals surface area contributed by atoms with E-state index in [-0.39, 0.29) is 0 Å². The van der Waals surface area contributed by atoms with Crippen molar-refractivity contribution in [3.8, 4) is 0 Å². The fourth-order valence-corrected chi connectivity index (χ4v) is 0.602.